The van der Waals surface area contributed by atoms with Gasteiger partial charge in [0.05, 0.1) is 17.1 Å². The van der Waals surface area contributed by atoms with E-state index in [0.29, 0.717) is 11.8 Å². The van der Waals surface area contributed by atoms with E-state index in [0.717, 1.165) is 18.8 Å². The highest BCUT2D eigenvalue weighted by Gasteiger charge is 2.61. The van der Waals surface area contributed by atoms with E-state index in [1.54, 1.807) is 7.11 Å². The molecule has 4 aliphatic rings. The lowest BCUT2D eigenvalue weighted by molar-refractivity contribution is -0.235. The molecule has 2 saturated carbocycles. The number of carbonyl (C=O) groups excluding carboxylic acids is 1. The molecule has 180 valence electrons. The number of ether oxygens (including phenoxy) is 3. The highest BCUT2D eigenvalue weighted by Crippen LogP contribution is 2.64. The summed E-state index contributed by atoms with van der Waals surface area (Å²) in [4.78, 5) is 12.5. The number of carbonyl (C=O) groups is 1. The summed E-state index contributed by atoms with van der Waals surface area (Å²) >= 11 is 0. The molecular weight excluding hydrogens is 388 g/mol. The summed E-state index contributed by atoms with van der Waals surface area (Å²) in [5.41, 5.74) is -0.323. The monoisotopic (exact) mass is 436 g/mol. The van der Waals surface area contributed by atoms with Crippen LogP contribution >= 0.6 is 0 Å². The van der Waals surface area contributed by atoms with Crippen molar-refractivity contribution in [3.05, 3.63) is 0 Å². The molecule has 2 saturated heterocycles. The Morgan fingerprint density at radius 2 is 1.71 bits per heavy atom. The van der Waals surface area contributed by atoms with Gasteiger partial charge in [-0.1, -0.05) is 27.7 Å². The molecule has 2 aliphatic heterocycles. The summed E-state index contributed by atoms with van der Waals surface area (Å²) < 4.78 is 18.3. The summed E-state index contributed by atoms with van der Waals surface area (Å²) in [5.74, 6) is 1.83. The van der Waals surface area contributed by atoms with Crippen LogP contribution in [0.25, 0.3) is 0 Å². The lowest BCUT2D eigenvalue weighted by atomic mass is 9.50. The Morgan fingerprint density at radius 3 is 2.23 bits per heavy atom. The second-order valence-corrected chi connectivity index (χ2v) is 11.2. The fourth-order valence-corrected chi connectivity index (χ4v) is 6.76. The fourth-order valence-electron chi connectivity index (χ4n) is 6.76. The Labute approximate surface area is 192 Å². The number of terminal acetylenes is 1. The van der Waals surface area contributed by atoms with Crippen molar-refractivity contribution in [2.75, 3.05) is 7.11 Å². The molecule has 0 aromatic heterocycles. The molecule has 4 unspecified atom stereocenters. The average molecular weight is 437 g/mol. The van der Waals surface area contributed by atoms with Crippen LogP contribution in [0.15, 0.2) is 0 Å². The molecule has 4 heteroatoms. The number of rotatable bonds is 4. The van der Waals surface area contributed by atoms with Crippen molar-refractivity contribution in [2.45, 2.75) is 112 Å². The van der Waals surface area contributed by atoms with Crippen molar-refractivity contribution < 1.29 is 19.0 Å². The summed E-state index contributed by atoms with van der Waals surface area (Å²) in [6.07, 6.45) is 14.9. The van der Waals surface area contributed by atoms with E-state index in [1.807, 2.05) is 20.8 Å². The van der Waals surface area contributed by atoms with Crippen LogP contribution in [0.3, 0.4) is 0 Å². The largest absolute Gasteiger partial charge is 0.435 e. The predicted molar refractivity (Wildman–Crippen MR) is 127 cm³/mol. The molecule has 4 rings (SSSR count). The van der Waals surface area contributed by atoms with Crippen LogP contribution in [-0.2, 0) is 19.0 Å². The zero-order valence-corrected chi connectivity index (χ0v) is 20.5. The molecule has 4 nitrogen and oxygen atoms in total. The van der Waals surface area contributed by atoms with Gasteiger partial charge in [-0.3, -0.25) is 4.79 Å². The van der Waals surface area contributed by atoms with E-state index in [2.05, 4.69) is 40.5 Å². The summed E-state index contributed by atoms with van der Waals surface area (Å²) in [7, 11) is 1.67. The molecular formula is C27H48O4. The first-order valence-electron chi connectivity index (χ1n) is 11.7. The first-order chi connectivity index (χ1) is 13.9. The van der Waals surface area contributed by atoms with Crippen LogP contribution in [0.4, 0.5) is 0 Å². The van der Waals surface area contributed by atoms with Crippen LogP contribution in [0.5, 0.6) is 0 Å². The lowest BCUT2D eigenvalue weighted by Crippen LogP contribution is -2.58. The lowest BCUT2D eigenvalue weighted by Gasteiger charge is -2.59. The Bertz CT molecular complexity index is 620. The van der Waals surface area contributed by atoms with Gasteiger partial charge in [-0.15, -0.1) is 12.8 Å². The minimum Gasteiger partial charge on any atom is -0.435 e. The van der Waals surface area contributed by atoms with Gasteiger partial charge in [0, 0.05) is 18.4 Å². The quantitative estimate of drug-likeness (QED) is 0.288. The van der Waals surface area contributed by atoms with Gasteiger partial charge in [0.25, 0.3) is 0 Å². The number of hydrogen-bond acceptors (Lipinski definition) is 4. The van der Waals surface area contributed by atoms with Gasteiger partial charge in [0.2, 0.25) is 6.29 Å². The maximum absolute atomic E-state index is 12.5. The Kier molecular flexibility index (Phi) is 9.26. The smallest absolute Gasteiger partial charge is 0.313 e. The molecule has 0 radical (unpaired) electrons. The van der Waals surface area contributed by atoms with Crippen LogP contribution < -0.4 is 0 Å². The van der Waals surface area contributed by atoms with Crippen molar-refractivity contribution in [1.29, 1.82) is 0 Å². The van der Waals surface area contributed by atoms with Crippen molar-refractivity contribution in [1.82, 2.24) is 0 Å². The van der Waals surface area contributed by atoms with E-state index >= 15 is 0 Å². The van der Waals surface area contributed by atoms with Gasteiger partial charge in [0.1, 0.15) is 0 Å². The minimum atomic E-state index is -0.524. The third kappa shape index (κ3) is 5.14. The van der Waals surface area contributed by atoms with E-state index in [4.69, 9.17) is 14.2 Å². The first kappa shape index (κ1) is 28.0. The molecule has 31 heavy (non-hydrogen) atoms. The van der Waals surface area contributed by atoms with E-state index in [-0.39, 0.29) is 36.4 Å². The summed E-state index contributed by atoms with van der Waals surface area (Å²) in [6, 6.07) is 0. The molecule has 1 spiro atoms. The molecule has 0 aromatic rings. The van der Waals surface area contributed by atoms with Gasteiger partial charge in [-0.2, -0.15) is 0 Å². The van der Waals surface area contributed by atoms with E-state index < -0.39 is 11.7 Å². The van der Waals surface area contributed by atoms with Crippen LogP contribution in [0.1, 0.15) is 94.4 Å². The average Bonchev–Trinajstić information content (AvgIpc) is 2.91. The minimum absolute atomic E-state index is 0. The molecule has 2 bridgehead atoms. The third-order valence-corrected chi connectivity index (χ3v) is 8.42. The summed E-state index contributed by atoms with van der Waals surface area (Å²) in [5, 5.41) is 0. The topological polar surface area (TPSA) is 44.8 Å². The number of esters is 1. The van der Waals surface area contributed by atoms with Crippen LogP contribution in [-0.4, -0.2) is 31.1 Å². The Balaban J connectivity index is 0.00000156. The molecule has 0 aromatic carbocycles. The number of hydrogen-bond donors (Lipinski definition) is 0. The number of methoxy groups -OCH3 is 1. The van der Waals surface area contributed by atoms with E-state index in [1.165, 1.54) is 25.7 Å². The van der Waals surface area contributed by atoms with Gasteiger partial charge in [0.15, 0.2) is 0 Å². The van der Waals surface area contributed by atoms with Gasteiger partial charge in [-0.25, -0.2) is 0 Å². The zero-order chi connectivity index (χ0) is 22.9. The molecule has 0 amide bonds. The first-order valence-corrected chi connectivity index (χ1v) is 11.7. The van der Waals surface area contributed by atoms with Crippen LogP contribution in [0.2, 0.25) is 0 Å². The van der Waals surface area contributed by atoms with Crippen molar-refractivity contribution in [2.24, 2.45) is 34.5 Å². The molecule has 0 N–H and O–H groups in total. The highest BCUT2D eigenvalue weighted by molar-refractivity contribution is 5.75. The molecule has 2 aliphatic carbocycles. The SMILES string of the molecule is C.C#C.COC(OC(=O)C(C)(C)C)[C@H](C)C1CC[C@@H](C)C2CCC3(C)CC[C@@]12[C@H](C)O3. The van der Waals surface area contributed by atoms with Crippen molar-refractivity contribution in [3.63, 3.8) is 0 Å². The van der Waals surface area contributed by atoms with E-state index in [9.17, 15) is 4.79 Å². The second kappa shape index (κ2) is 10.3. The maximum atomic E-state index is 12.5. The van der Waals surface area contributed by atoms with Gasteiger partial charge >= 0.3 is 5.97 Å². The number of fused-ring (bicyclic) bond motifs is 3. The van der Waals surface area contributed by atoms with Gasteiger partial charge < -0.3 is 14.2 Å². The van der Waals surface area contributed by atoms with Crippen molar-refractivity contribution >= 4 is 5.97 Å². The predicted octanol–water partition coefficient (Wildman–Crippen LogP) is 6.47. The third-order valence-electron chi connectivity index (χ3n) is 8.42. The molecule has 8 atom stereocenters. The standard InChI is InChI=1S/C24H42O4.C2H2.CH4/c1-15-9-10-19(16(2)20(26-8)27-21(25)22(4,5)6)24-14-13-23(7,28-17(24)3)12-11-18(15)24;1-2;/h15-20H,9-14H2,1-8H3;1-2H;1H4/t15-,16-,17+,18?,19?,20?,23?,24+;;/m1../s1. The normalized spacial score (nSPS) is 38.9. The highest BCUT2D eigenvalue weighted by atomic mass is 16.7. The second-order valence-electron chi connectivity index (χ2n) is 11.2. The Hall–Kier alpha value is -1.05. The fraction of sp³-hybridized carbons (Fsp3) is 0.889. The summed E-state index contributed by atoms with van der Waals surface area (Å²) in [6.45, 7) is 15.0. The van der Waals surface area contributed by atoms with Crippen molar-refractivity contribution in [3.8, 4) is 12.8 Å². The van der Waals surface area contributed by atoms with Gasteiger partial charge in [-0.05, 0) is 84.5 Å². The van der Waals surface area contributed by atoms with Crippen LogP contribution in [0, 0.1) is 47.3 Å². The Morgan fingerprint density at radius 1 is 1.10 bits per heavy atom. The maximum Gasteiger partial charge on any atom is 0.313 e. The zero-order valence-electron chi connectivity index (χ0n) is 20.5. The molecule has 4 fully saturated rings. The molecule has 2 heterocycles.